The van der Waals surface area contributed by atoms with Crippen LogP contribution in [0.2, 0.25) is 0 Å². The third kappa shape index (κ3) is 3.12. The lowest BCUT2D eigenvalue weighted by Gasteiger charge is -2.29. The Morgan fingerprint density at radius 1 is 0.400 bits per heavy atom. The van der Waals surface area contributed by atoms with Gasteiger partial charge >= 0.3 is 0 Å². The highest BCUT2D eigenvalue weighted by atomic mass is 16.5. The number of fused-ring (bicyclic) bond motifs is 4. The number of nitrogens with zero attached hydrogens (tertiary/aromatic N) is 2. The molecule has 0 saturated heterocycles. The van der Waals surface area contributed by atoms with E-state index < -0.39 is 0 Å². The molecule has 148 valence electrons. The van der Waals surface area contributed by atoms with Crippen molar-refractivity contribution in [1.82, 2.24) is 0 Å². The molecule has 0 saturated carbocycles. The summed E-state index contributed by atoms with van der Waals surface area (Å²) in [7, 11) is 4.11. The van der Waals surface area contributed by atoms with Gasteiger partial charge in [-0.05, 0) is 48.5 Å². The third-order valence-electron chi connectivity index (χ3n) is 5.35. The lowest BCUT2D eigenvalue weighted by Crippen LogP contribution is -2.15. The van der Waals surface area contributed by atoms with Crippen LogP contribution in [0.1, 0.15) is 0 Å². The fraction of sp³-hybridized carbons (Fsp3) is 0.0769. The van der Waals surface area contributed by atoms with Gasteiger partial charge in [-0.2, -0.15) is 0 Å². The first-order chi connectivity index (χ1) is 14.7. The second kappa shape index (κ2) is 7.48. The number of benzene rings is 4. The molecule has 0 bridgehead atoms. The highest BCUT2D eigenvalue weighted by Gasteiger charge is 2.20. The van der Waals surface area contributed by atoms with Gasteiger partial charge in [-0.25, -0.2) is 0 Å². The van der Waals surface area contributed by atoms with Gasteiger partial charge in [0.15, 0.2) is 23.0 Å². The van der Waals surface area contributed by atoms with Gasteiger partial charge in [-0.15, -0.1) is 0 Å². The average molecular weight is 394 g/mol. The molecule has 0 spiro atoms. The fourth-order valence-electron chi connectivity index (χ4n) is 3.78. The predicted molar refractivity (Wildman–Crippen MR) is 122 cm³/mol. The van der Waals surface area contributed by atoms with Crippen LogP contribution in [0.3, 0.4) is 0 Å². The molecule has 30 heavy (non-hydrogen) atoms. The molecular weight excluding hydrogens is 372 g/mol. The summed E-state index contributed by atoms with van der Waals surface area (Å²) in [5.41, 5.74) is 4.43. The fourth-order valence-corrected chi connectivity index (χ4v) is 3.78. The molecule has 0 fully saturated rings. The van der Waals surface area contributed by atoms with Crippen molar-refractivity contribution in [2.45, 2.75) is 0 Å². The van der Waals surface area contributed by atoms with Crippen molar-refractivity contribution in [3.05, 3.63) is 97.1 Å². The van der Waals surface area contributed by atoms with Crippen molar-refractivity contribution in [1.29, 1.82) is 0 Å². The molecule has 4 heteroatoms. The Kier molecular flexibility index (Phi) is 4.52. The van der Waals surface area contributed by atoms with Crippen LogP contribution in [0, 0.1) is 0 Å². The van der Waals surface area contributed by atoms with Crippen molar-refractivity contribution < 1.29 is 9.47 Å². The number of hydrogen-bond acceptors (Lipinski definition) is 4. The third-order valence-corrected chi connectivity index (χ3v) is 5.35. The van der Waals surface area contributed by atoms with Crippen molar-refractivity contribution in [3.63, 3.8) is 0 Å². The highest BCUT2D eigenvalue weighted by molar-refractivity contribution is 5.78. The van der Waals surface area contributed by atoms with Crippen LogP contribution in [-0.4, -0.2) is 14.1 Å². The molecule has 2 aliphatic rings. The van der Waals surface area contributed by atoms with E-state index in [1.807, 2.05) is 72.8 Å². The van der Waals surface area contributed by atoms with Crippen molar-refractivity contribution in [2.75, 3.05) is 23.9 Å². The Balaban J connectivity index is 0.000000128. The molecule has 0 aliphatic carbocycles. The molecule has 6 rings (SSSR count). The summed E-state index contributed by atoms with van der Waals surface area (Å²) in [4.78, 5) is 4.29. The zero-order chi connectivity index (χ0) is 20.5. The standard InChI is InChI=1S/2C13H11NO/c2*1-14-10-6-2-4-8-12(10)15-13-9-5-3-7-11(13)14/h2*2-9H,1H3. The smallest absolute Gasteiger partial charge is 0.151 e. The average Bonchev–Trinajstić information content (AvgIpc) is 2.80. The lowest BCUT2D eigenvalue weighted by atomic mass is 10.2. The minimum atomic E-state index is 0.915. The van der Waals surface area contributed by atoms with Gasteiger partial charge in [0.2, 0.25) is 0 Å². The molecule has 0 unspecified atom stereocenters. The van der Waals surface area contributed by atoms with Crippen molar-refractivity contribution in [2.24, 2.45) is 0 Å². The Morgan fingerprint density at radius 2 is 0.633 bits per heavy atom. The first kappa shape index (κ1) is 18.1. The molecule has 4 aromatic rings. The molecule has 0 radical (unpaired) electrons. The maximum Gasteiger partial charge on any atom is 0.151 e. The van der Waals surface area contributed by atoms with Crippen LogP contribution >= 0.6 is 0 Å². The molecule has 2 heterocycles. The first-order valence-electron chi connectivity index (χ1n) is 9.91. The van der Waals surface area contributed by atoms with E-state index in [9.17, 15) is 0 Å². The Morgan fingerprint density at radius 3 is 0.900 bits per heavy atom. The van der Waals surface area contributed by atoms with Gasteiger partial charge in [0.05, 0.1) is 22.7 Å². The van der Waals surface area contributed by atoms with Crippen LogP contribution in [0.15, 0.2) is 97.1 Å². The molecule has 2 aliphatic heterocycles. The molecule has 0 N–H and O–H groups in total. The second-order valence-corrected chi connectivity index (χ2v) is 7.19. The van der Waals surface area contributed by atoms with E-state index in [2.05, 4.69) is 48.2 Å². The van der Waals surface area contributed by atoms with E-state index in [0.717, 1.165) is 45.7 Å². The van der Waals surface area contributed by atoms with Crippen molar-refractivity contribution in [3.8, 4) is 23.0 Å². The first-order valence-corrected chi connectivity index (χ1v) is 9.91. The molecule has 0 atom stereocenters. The number of hydrogen-bond donors (Lipinski definition) is 0. The summed E-state index contributed by atoms with van der Waals surface area (Å²) in [6.07, 6.45) is 0. The molecular formula is C26H22N2O2. The topological polar surface area (TPSA) is 24.9 Å². The maximum atomic E-state index is 5.81. The van der Waals surface area contributed by atoms with Gasteiger partial charge in [-0.3, -0.25) is 0 Å². The lowest BCUT2D eigenvalue weighted by molar-refractivity contribution is 0.475. The summed E-state index contributed by atoms with van der Waals surface area (Å²) in [5.74, 6) is 3.66. The van der Waals surface area contributed by atoms with Gasteiger partial charge in [0, 0.05) is 14.1 Å². The van der Waals surface area contributed by atoms with E-state index in [4.69, 9.17) is 9.47 Å². The maximum absolute atomic E-state index is 5.81. The van der Waals surface area contributed by atoms with Crippen molar-refractivity contribution >= 4 is 22.7 Å². The largest absolute Gasteiger partial charge is 0.453 e. The summed E-state index contributed by atoms with van der Waals surface area (Å²) in [5, 5.41) is 0. The summed E-state index contributed by atoms with van der Waals surface area (Å²) >= 11 is 0. The molecule has 0 amide bonds. The van der Waals surface area contributed by atoms with E-state index in [-0.39, 0.29) is 0 Å². The minimum Gasteiger partial charge on any atom is -0.453 e. The van der Waals surface area contributed by atoms with E-state index in [1.54, 1.807) is 0 Å². The van der Waals surface area contributed by atoms with Crippen LogP contribution in [0.25, 0.3) is 0 Å². The van der Waals surface area contributed by atoms with E-state index in [1.165, 1.54) is 0 Å². The Labute approximate surface area is 176 Å². The van der Waals surface area contributed by atoms with Crippen LogP contribution in [-0.2, 0) is 0 Å². The normalized spacial score (nSPS) is 12.7. The van der Waals surface area contributed by atoms with E-state index in [0.29, 0.717) is 0 Å². The molecule has 0 aromatic heterocycles. The Bertz CT molecular complexity index is 1020. The summed E-state index contributed by atoms with van der Waals surface area (Å²) in [6.45, 7) is 0. The number of para-hydroxylation sites is 8. The zero-order valence-corrected chi connectivity index (χ0v) is 16.9. The number of ether oxygens (including phenoxy) is 2. The van der Waals surface area contributed by atoms with Gasteiger partial charge in [0.1, 0.15) is 0 Å². The van der Waals surface area contributed by atoms with Gasteiger partial charge < -0.3 is 19.3 Å². The highest BCUT2D eigenvalue weighted by Crippen LogP contribution is 2.46. The van der Waals surface area contributed by atoms with Crippen LogP contribution < -0.4 is 19.3 Å². The minimum absolute atomic E-state index is 0.915. The SMILES string of the molecule is CN1c2ccccc2Oc2ccccc21.CN1c2ccccc2Oc2ccccc21. The second-order valence-electron chi connectivity index (χ2n) is 7.19. The number of rotatable bonds is 0. The Hall–Kier alpha value is -3.92. The van der Waals surface area contributed by atoms with Gasteiger partial charge in [0.25, 0.3) is 0 Å². The summed E-state index contributed by atoms with van der Waals surface area (Å²) in [6, 6.07) is 32.2. The molecule has 4 nitrogen and oxygen atoms in total. The number of anilines is 4. The molecule has 4 aromatic carbocycles. The zero-order valence-electron chi connectivity index (χ0n) is 16.9. The van der Waals surface area contributed by atoms with Crippen LogP contribution in [0.4, 0.5) is 22.7 Å². The quantitative estimate of drug-likeness (QED) is 0.317. The van der Waals surface area contributed by atoms with E-state index >= 15 is 0 Å². The van der Waals surface area contributed by atoms with Gasteiger partial charge in [-0.1, -0.05) is 48.5 Å². The predicted octanol–water partition coefficient (Wildman–Crippen LogP) is 7.12. The van der Waals surface area contributed by atoms with Crippen LogP contribution in [0.5, 0.6) is 23.0 Å². The summed E-state index contributed by atoms with van der Waals surface area (Å²) < 4.78 is 11.6. The monoisotopic (exact) mass is 394 g/mol.